The highest BCUT2D eigenvalue weighted by Crippen LogP contribution is 2.09. The molecule has 1 heteroatoms. The van der Waals surface area contributed by atoms with E-state index in [1.165, 1.54) is 31.3 Å². The maximum absolute atomic E-state index is 8.83. The summed E-state index contributed by atoms with van der Waals surface area (Å²) in [6.07, 6.45) is 14.3. The van der Waals surface area contributed by atoms with Crippen molar-refractivity contribution >= 4 is 0 Å². The molecule has 1 N–H and O–H groups in total. The quantitative estimate of drug-likeness (QED) is 0.354. The Morgan fingerprint density at radius 2 is 1.78 bits per heavy atom. The molecule has 0 aliphatic rings. The normalized spacial score (nSPS) is 13.1. The highest BCUT2D eigenvalue weighted by molar-refractivity contribution is 5.07. The number of rotatable bonds is 8. The van der Waals surface area contributed by atoms with Crippen LogP contribution in [0.4, 0.5) is 0 Å². The van der Waals surface area contributed by atoms with Crippen molar-refractivity contribution in [3.63, 3.8) is 0 Å². The van der Waals surface area contributed by atoms with Crippen molar-refractivity contribution in [2.24, 2.45) is 5.92 Å². The predicted molar refractivity (Wildman–Crippen MR) is 83.8 cm³/mol. The first-order chi connectivity index (χ1) is 8.63. The van der Waals surface area contributed by atoms with Crippen molar-refractivity contribution in [3.8, 4) is 0 Å². The molecule has 0 radical (unpaired) electrons. The smallest absolute Gasteiger partial charge is 0.0493 e. The van der Waals surface area contributed by atoms with Crippen LogP contribution in [0.3, 0.4) is 0 Å². The SMILES string of the molecule is C=C/C=C\CC=C(C)[C@@H](C)CO.CCCCCC. The summed E-state index contributed by atoms with van der Waals surface area (Å²) in [5.74, 6) is 0.280. The molecule has 1 atom stereocenters. The van der Waals surface area contributed by atoms with E-state index >= 15 is 0 Å². The minimum atomic E-state index is 0.230. The van der Waals surface area contributed by atoms with Crippen LogP contribution in [0.2, 0.25) is 0 Å². The molecule has 0 unspecified atom stereocenters. The van der Waals surface area contributed by atoms with Crippen LogP contribution >= 0.6 is 0 Å². The molecule has 18 heavy (non-hydrogen) atoms. The fourth-order valence-corrected chi connectivity index (χ4v) is 1.27. The number of hydrogen-bond acceptors (Lipinski definition) is 1. The fraction of sp³-hybridized carbons (Fsp3) is 0.647. The van der Waals surface area contributed by atoms with E-state index in [4.69, 9.17) is 5.11 Å². The minimum Gasteiger partial charge on any atom is -0.396 e. The number of unbranched alkanes of at least 4 members (excludes halogenated alkanes) is 3. The summed E-state index contributed by atoms with van der Waals surface area (Å²) in [7, 11) is 0. The molecule has 0 bridgehead atoms. The van der Waals surface area contributed by atoms with E-state index in [0.717, 1.165) is 6.42 Å². The van der Waals surface area contributed by atoms with Crippen molar-refractivity contribution in [3.05, 3.63) is 36.5 Å². The molecule has 0 saturated carbocycles. The molecule has 0 saturated heterocycles. The maximum atomic E-state index is 8.83. The van der Waals surface area contributed by atoms with Crippen molar-refractivity contribution < 1.29 is 5.11 Å². The Kier molecular flexibility index (Phi) is 17.5. The number of aliphatic hydroxyl groups excluding tert-OH is 1. The van der Waals surface area contributed by atoms with Gasteiger partial charge in [-0.05, 0) is 19.3 Å². The number of hydrogen-bond donors (Lipinski definition) is 1. The molecule has 0 heterocycles. The van der Waals surface area contributed by atoms with Gasteiger partial charge in [0.2, 0.25) is 0 Å². The number of allylic oxidation sites excluding steroid dienone is 4. The van der Waals surface area contributed by atoms with E-state index in [1.807, 2.05) is 26.0 Å². The summed E-state index contributed by atoms with van der Waals surface area (Å²) < 4.78 is 0. The molecule has 0 spiro atoms. The van der Waals surface area contributed by atoms with Gasteiger partial charge in [0, 0.05) is 6.61 Å². The Labute approximate surface area is 114 Å². The van der Waals surface area contributed by atoms with Gasteiger partial charge < -0.3 is 5.11 Å². The second-order valence-corrected chi connectivity index (χ2v) is 4.64. The van der Waals surface area contributed by atoms with Crippen LogP contribution in [-0.4, -0.2) is 11.7 Å². The van der Waals surface area contributed by atoms with Crippen LogP contribution in [-0.2, 0) is 0 Å². The van der Waals surface area contributed by atoms with Gasteiger partial charge in [0.15, 0.2) is 0 Å². The zero-order valence-electron chi connectivity index (χ0n) is 12.8. The summed E-state index contributed by atoms with van der Waals surface area (Å²) >= 11 is 0. The molecule has 0 aliphatic carbocycles. The Bertz CT molecular complexity index is 222. The lowest BCUT2D eigenvalue weighted by molar-refractivity contribution is 0.256. The van der Waals surface area contributed by atoms with E-state index in [0.29, 0.717) is 0 Å². The van der Waals surface area contributed by atoms with Crippen molar-refractivity contribution in [1.82, 2.24) is 0 Å². The van der Waals surface area contributed by atoms with Crippen LogP contribution < -0.4 is 0 Å². The van der Waals surface area contributed by atoms with E-state index in [1.54, 1.807) is 6.08 Å². The molecule has 0 fully saturated rings. The van der Waals surface area contributed by atoms with Gasteiger partial charge in [-0.25, -0.2) is 0 Å². The summed E-state index contributed by atoms with van der Waals surface area (Å²) in [6.45, 7) is 12.3. The first kappa shape index (κ1) is 19.5. The zero-order chi connectivity index (χ0) is 14.2. The van der Waals surface area contributed by atoms with Crippen molar-refractivity contribution in [2.75, 3.05) is 6.61 Å². The highest BCUT2D eigenvalue weighted by Gasteiger charge is 1.99. The molecule has 0 aromatic rings. The fourth-order valence-electron chi connectivity index (χ4n) is 1.27. The second kappa shape index (κ2) is 16.2. The Morgan fingerprint density at radius 3 is 2.17 bits per heavy atom. The summed E-state index contributed by atoms with van der Waals surface area (Å²) in [6, 6.07) is 0. The summed E-state index contributed by atoms with van der Waals surface area (Å²) in [5.41, 5.74) is 1.24. The first-order valence-corrected chi connectivity index (χ1v) is 7.18. The van der Waals surface area contributed by atoms with Gasteiger partial charge in [-0.1, -0.05) is 82.9 Å². The molecule has 0 aromatic carbocycles. The van der Waals surface area contributed by atoms with E-state index in [9.17, 15) is 0 Å². The molecule has 0 amide bonds. The van der Waals surface area contributed by atoms with Crippen LogP contribution in [0.5, 0.6) is 0 Å². The van der Waals surface area contributed by atoms with Crippen LogP contribution in [0, 0.1) is 5.92 Å². The lowest BCUT2D eigenvalue weighted by Gasteiger charge is -2.06. The van der Waals surface area contributed by atoms with Gasteiger partial charge in [0.05, 0.1) is 0 Å². The number of aliphatic hydroxyl groups is 1. The van der Waals surface area contributed by atoms with Crippen LogP contribution in [0.15, 0.2) is 36.5 Å². The van der Waals surface area contributed by atoms with Gasteiger partial charge in [-0.3, -0.25) is 0 Å². The summed E-state index contributed by atoms with van der Waals surface area (Å²) in [4.78, 5) is 0. The van der Waals surface area contributed by atoms with E-state index in [-0.39, 0.29) is 12.5 Å². The highest BCUT2D eigenvalue weighted by atomic mass is 16.3. The van der Waals surface area contributed by atoms with Crippen LogP contribution in [0.1, 0.15) is 59.8 Å². The van der Waals surface area contributed by atoms with Gasteiger partial charge in [-0.15, -0.1) is 0 Å². The molecule has 0 rings (SSSR count). The largest absolute Gasteiger partial charge is 0.396 e. The first-order valence-electron chi connectivity index (χ1n) is 7.18. The standard InChI is InChI=1S/C11H18O.C6H14/c1-4-5-6-7-8-10(2)11(3)9-12;1-3-5-6-4-2/h4-6,8,11-12H,1,7,9H2,2-3H3;3-6H2,1-2H3/b6-5-,10-8?;/t11-;/m0./s1. The Balaban J connectivity index is 0. The molecular weight excluding hydrogens is 220 g/mol. The summed E-state index contributed by atoms with van der Waals surface area (Å²) in [5, 5.41) is 8.83. The van der Waals surface area contributed by atoms with Gasteiger partial charge in [0.25, 0.3) is 0 Å². The lowest BCUT2D eigenvalue weighted by Crippen LogP contribution is -2.01. The maximum Gasteiger partial charge on any atom is 0.0493 e. The minimum absolute atomic E-state index is 0.230. The lowest BCUT2D eigenvalue weighted by atomic mass is 10.0. The molecule has 0 aliphatic heterocycles. The van der Waals surface area contributed by atoms with Gasteiger partial charge in [0.1, 0.15) is 0 Å². The average Bonchev–Trinajstić information content (AvgIpc) is 2.40. The second-order valence-electron chi connectivity index (χ2n) is 4.64. The Hall–Kier alpha value is -0.820. The molecule has 1 nitrogen and oxygen atoms in total. The Morgan fingerprint density at radius 1 is 1.22 bits per heavy atom. The van der Waals surface area contributed by atoms with E-state index in [2.05, 4.69) is 26.5 Å². The zero-order valence-corrected chi connectivity index (χ0v) is 12.8. The monoisotopic (exact) mass is 252 g/mol. The molecule has 106 valence electrons. The molecule has 0 aromatic heterocycles. The predicted octanol–water partition coefficient (Wildman–Crippen LogP) is 5.28. The third-order valence-electron chi connectivity index (χ3n) is 2.86. The van der Waals surface area contributed by atoms with Gasteiger partial charge >= 0.3 is 0 Å². The van der Waals surface area contributed by atoms with Crippen molar-refractivity contribution in [1.29, 1.82) is 0 Å². The van der Waals surface area contributed by atoms with Crippen molar-refractivity contribution in [2.45, 2.75) is 59.8 Å². The average molecular weight is 252 g/mol. The third kappa shape index (κ3) is 15.2. The topological polar surface area (TPSA) is 20.2 Å². The third-order valence-corrected chi connectivity index (χ3v) is 2.86. The van der Waals surface area contributed by atoms with Crippen LogP contribution in [0.25, 0.3) is 0 Å². The van der Waals surface area contributed by atoms with E-state index < -0.39 is 0 Å². The molecular formula is C17H32O. The van der Waals surface area contributed by atoms with Gasteiger partial charge in [-0.2, -0.15) is 0 Å².